The van der Waals surface area contributed by atoms with Crippen LogP contribution in [0.15, 0.2) is 64.4 Å². The van der Waals surface area contributed by atoms with E-state index in [0.29, 0.717) is 0 Å². The van der Waals surface area contributed by atoms with Gasteiger partial charge < -0.3 is 4.90 Å². The van der Waals surface area contributed by atoms with Gasteiger partial charge in [-0.2, -0.15) is 0 Å². The molecule has 0 spiro atoms. The first kappa shape index (κ1) is 11.7. The summed E-state index contributed by atoms with van der Waals surface area (Å²) in [4.78, 5) is 5.03. The molecule has 1 fully saturated rings. The van der Waals surface area contributed by atoms with Crippen molar-refractivity contribution in [2.24, 2.45) is 5.92 Å². The zero-order valence-corrected chi connectivity index (χ0v) is 11.4. The molecular weight excluding hydrogens is 238 g/mol. The van der Waals surface area contributed by atoms with E-state index in [1.165, 1.54) is 28.6 Å². The molecule has 0 N–H and O–H groups in total. The molecule has 0 bridgehead atoms. The van der Waals surface area contributed by atoms with E-state index in [-0.39, 0.29) is 0 Å². The zero-order valence-electron chi connectivity index (χ0n) is 10.5. The SMILES string of the molecule is CC1CN(c2ccc(Sc3ccccc3)cc2)C1. The predicted molar refractivity (Wildman–Crippen MR) is 78.4 cm³/mol. The van der Waals surface area contributed by atoms with Crippen LogP contribution in [0.1, 0.15) is 6.92 Å². The van der Waals surface area contributed by atoms with Crippen molar-refractivity contribution in [3.63, 3.8) is 0 Å². The molecule has 1 aliphatic rings. The number of benzene rings is 2. The Morgan fingerprint density at radius 2 is 1.50 bits per heavy atom. The van der Waals surface area contributed by atoms with E-state index >= 15 is 0 Å². The molecule has 1 saturated heterocycles. The third-order valence-corrected chi connectivity index (χ3v) is 4.26. The maximum absolute atomic E-state index is 2.43. The Balaban J connectivity index is 1.68. The first-order valence-electron chi connectivity index (χ1n) is 6.39. The quantitative estimate of drug-likeness (QED) is 0.804. The normalized spacial score (nSPS) is 15.5. The van der Waals surface area contributed by atoms with Gasteiger partial charge in [0, 0.05) is 28.6 Å². The molecular formula is C16H17NS. The van der Waals surface area contributed by atoms with E-state index < -0.39 is 0 Å². The van der Waals surface area contributed by atoms with Crippen LogP contribution in [0.2, 0.25) is 0 Å². The summed E-state index contributed by atoms with van der Waals surface area (Å²) < 4.78 is 0. The highest BCUT2D eigenvalue weighted by Crippen LogP contribution is 2.30. The molecule has 1 heterocycles. The van der Waals surface area contributed by atoms with Gasteiger partial charge in [0.1, 0.15) is 0 Å². The highest BCUT2D eigenvalue weighted by atomic mass is 32.2. The lowest BCUT2D eigenvalue weighted by Gasteiger charge is -2.39. The minimum atomic E-state index is 0.850. The van der Waals surface area contributed by atoms with Gasteiger partial charge in [-0.15, -0.1) is 0 Å². The van der Waals surface area contributed by atoms with Crippen molar-refractivity contribution in [3.8, 4) is 0 Å². The van der Waals surface area contributed by atoms with E-state index in [2.05, 4.69) is 66.4 Å². The molecule has 92 valence electrons. The highest BCUT2D eigenvalue weighted by molar-refractivity contribution is 7.99. The Morgan fingerprint density at radius 1 is 0.889 bits per heavy atom. The van der Waals surface area contributed by atoms with Gasteiger partial charge >= 0.3 is 0 Å². The topological polar surface area (TPSA) is 3.24 Å². The summed E-state index contributed by atoms with van der Waals surface area (Å²) in [6.07, 6.45) is 0. The van der Waals surface area contributed by atoms with Gasteiger partial charge in [0.05, 0.1) is 0 Å². The number of hydrogen-bond donors (Lipinski definition) is 0. The van der Waals surface area contributed by atoms with Crippen LogP contribution in [-0.4, -0.2) is 13.1 Å². The fourth-order valence-corrected chi connectivity index (χ4v) is 3.10. The number of hydrogen-bond acceptors (Lipinski definition) is 2. The van der Waals surface area contributed by atoms with Gasteiger partial charge in [-0.1, -0.05) is 36.9 Å². The van der Waals surface area contributed by atoms with Crippen molar-refractivity contribution >= 4 is 17.4 Å². The minimum absolute atomic E-state index is 0.850. The largest absolute Gasteiger partial charge is 0.371 e. The molecule has 18 heavy (non-hydrogen) atoms. The van der Waals surface area contributed by atoms with E-state index in [1.54, 1.807) is 0 Å². The summed E-state index contributed by atoms with van der Waals surface area (Å²) in [5, 5.41) is 0. The summed E-state index contributed by atoms with van der Waals surface area (Å²) in [7, 11) is 0. The van der Waals surface area contributed by atoms with Crippen molar-refractivity contribution in [1.29, 1.82) is 0 Å². The minimum Gasteiger partial charge on any atom is -0.371 e. The average Bonchev–Trinajstić information content (AvgIpc) is 2.38. The summed E-state index contributed by atoms with van der Waals surface area (Å²) in [6.45, 7) is 4.70. The molecule has 0 amide bonds. The van der Waals surface area contributed by atoms with Crippen molar-refractivity contribution in [2.45, 2.75) is 16.7 Å². The molecule has 0 atom stereocenters. The monoisotopic (exact) mass is 255 g/mol. The van der Waals surface area contributed by atoms with Crippen molar-refractivity contribution in [1.82, 2.24) is 0 Å². The summed E-state index contributed by atoms with van der Waals surface area (Å²) in [5.41, 5.74) is 1.35. The fraction of sp³-hybridized carbons (Fsp3) is 0.250. The van der Waals surface area contributed by atoms with Gasteiger partial charge in [0.25, 0.3) is 0 Å². The van der Waals surface area contributed by atoms with E-state index in [0.717, 1.165) is 5.92 Å². The van der Waals surface area contributed by atoms with Crippen LogP contribution >= 0.6 is 11.8 Å². The van der Waals surface area contributed by atoms with Gasteiger partial charge in [0.2, 0.25) is 0 Å². The van der Waals surface area contributed by atoms with Crippen molar-refractivity contribution in [2.75, 3.05) is 18.0 Å². The third-order valence-electron chi connectivity index (χ3n) is 3.24. The summed E-state index contributed by atoms with van der Waals surface area (Å²) in [6, 6.07) is 19.4. The number of nitrogens with zero attached hydrogens (tertiary/aromatic N) is 1. The van der Waals surface area contributed by atoms with Gasteiger partial charge in [0.15, 0.2) is 0 Å². The van der Waals surface area contributed by atoms with Crippen LogP contribution in [-0.2, 0) is 0 Å². The lowest BCUT2D eigenvalue weighted by atomic mass is 10.0. The molecule has 0 saturated carbocycles. The van der Waals surface area contributed by atoms with Gasteiger partial charge in [-0.25, -0.2) is 0 Å². The van der Waals surface area contributed by atoms with Crippen LogP contribution in [0, 0.1) is 5.92 Å². The molecule has 0 aliphatic carbocycles. The van der Waals surface area contributed by atoms with Crippen molar-refractivity contribution < 1.29 is 0 Å². The number of anilines is 1. The van der Waals surface area contributed by atoms with Crippen LogP contribution in [0.3, 0.4) is 0 Å². The maximum Gasteiger partial charge on any atom is 0.0367 e. The molecule has 0 radical (unpaired) electrons. The molecule has 2 heteroatoms. The third kappa shape index (κ3) is 2.54. The van der Waals surface area contributed by atoms with Crippen LogP contribution < -0.4 is 4.90 Å². The van der Waals surface area contributed by atoms with Crippen LogP contribution in [0.5, 0.6) is 0 Å². The Kier molecular flexibility index (Phi) is 3.28. The second kappa shape index (κ2) is 5.07. The van der Waals surface area contributed by atoms with E-state index in [4.69, 9.17) is 0 Å². The predicted octanol–water partition coefficient (Wildman–Crippen LogP) is 4.29. The van der Waals surface area contributed by atoms with Crippen molar-refractivity contribution in [3.05, 3.63) is 54.6 Å². The maximum atomic E-state index is 2.43. The Morgan fingerprint density at radius 3 is 2.11 bits per heavy atom. The molecule has 0 aromatic heterocycles. The zero-order chi connectivity index (χ0) is 12.4. The van der Waals surface area contributed by atoms with Gasteiger partial charge in [-0.05, 0) is 42.3 Å². The second-order valence-corrected chi connectivity index (χ2v) is 6.07. The smallest absolute Gasteiger partial charge is 0.0367 e. The number of rotatable bonds is 3. The molecule has 2 aromatic carbocycles. The molecule has 1 nitrogen and oxygen atoms in total. The Labute approximate surface area is 113 Å². The van der Waals surface area contributed by atoms with Crippen LogP contribution in [0.25, 0.3) is 0 Å². The Hall–Kier alpha value is -1.41. The average molecular weight is 255 g/mol. The summed E-state index contributed by atoms with van der Waals surface area (Å²) >= 11 is 1.82. The second-order valence-electron chi connectivity index (χ2n) is 4.92. The van der Waals surface area contributed by atoms with E-state index in [9.17, 15) is 0 Å². The lowest BCUT2D eigenvalue weighted by Crippen LogP contribution is -2.45. The van der Waals surface area contributed by atoms with Gasteiger partial charge in [-0.3, -0.25) is 0 Å². The first-order valence-corrected chi connectivity index (χ1v) is 7.21. The molecule has 3 rings (SSSR count). The highest BCUT2D eigenvalue weighted by Gasteiger charge is 2.22. The Bertz CT molecular complexity index is 500. The standard InChI is InChI=1S/C16H17NS/c1-13-11-17(12-13)14-7-9-16(10-8-14)18-15-5-3-2-4-6-15/h2-10,13H,11-12H2,1H3. The fourth-order valence-electron chi connectivity index (χ4n) is 2.26. The van der Waals surface area contributed by atoms with Crippen LogP contribution in [0.4, 0.5) is 5.69 Å². The lowest BCUT2D eigenvalue weighted by molar-refractivity contribution is 0.447. The summed E-state index contributed by atoms with van der Waals surface area (Å²) in [5.74, 6) is 0.850. The molecule has 2 aromatic rings. The molecule has 1 aliphatic heterocycles. The first-order chi connectivity index (χ1) is 8.81. The molecule has 0 unspecified atom stereocenters. The van der Waals surface area contributed by atoms with E-state index in [1.807, 2.05) is 11.8 Å².